The average molecular weight is 244 g/mol. The van der Waals surface area contributed by atoms with Gasteiger partial charge in [0.1, 0.15) is 0 Å². The fourth-order valence-corrected chi connectivity index (χ4v) is 1.80. The summed E-state index contributed by atoms with van der Waals surface area (Å²) in [6, 6.07) is 13.4. The maximum atomic E-state index is 11.9. The molecule has 1 atom stereocenters. The molecule has 0 heterocycles. The minimum Gasteiger partial charge on any atom is -0.432 e. The molecule has 0 aliphatic carbocycles. The molecule has 0 spiro atoms. The van der Waals surface area contributed by atoms with E-state index in [4.69, 9.17) is 9.47 Å². The second-order valence-electron chi connectivity index (χ2n) is 3.99. The summed E-state index contributed by atoms with van der Waals surface area (Å²) in [5.74, 6) is -0.360. The Bertz CT molecular complexity index is 548. The molecule has 0 N–H and O–H groups in total. The minimum atomic E-state index is -0.519. The van der Waals surface area contributed by atoms with Crippen molar-refractivity contribution in [2.75, 3.05) is 6.61 Å². The molecule has 18 heavy (non-hydrogen) atoms. The van der Waals surface area contributed by atoms with Crippen LogP contribution in [0.3, 0.4) is 0 Å². The van der Waals surface area contributed by atoms with Crippen molar-refractivity contribution in [2.45, 2.75) is 20.1 Å². The molecule has 0 amide bonds. The smallest absolute Gasteiger partial charge is 0.340 e. The molecule has 2 aromatic rings. The third-order valence-corrected chi connectivity index (χ3v) is 2.66. The predicted molar refractivity (Wildman–Crippen MR) is 70.5 cm³/mol. The average Bonchev–Trinajstić information content (AvgIpc) is 2.38. The van der Waals surface area contributed by atoms with Crippen molar-refractivity contribution in [3.8, 4) is 0 Å². The van der Waals surface area contributed by atoms with Crippen molar-refractivity contribution >= 4 is 16.7 Å². The molecule has 94 valence electrons. The molecule has 0 bridgehead atoms. The van der Waals surface area contributed by atoms with Gasteiger partial charge in [-0.2, -0.15) is 0 Å². The highest BCUT2D eigenvalue weighted by Crippen LogP contribution is 2.16. The second kappa shape index (κ2) is 5.65. The molecule has 0 saturated heterocycles. The van der Waals surface area contributed by atoms with Gasteiger partial charge in [0.15, 0.2) is 6.29 Å². The van der Waals surface area contributed by atoms with Gasteiger partial charge in [0, 0.05) is 6.61 Å². The monoisotopic (exact) mass is 244 g/mol. The van der Waals surface area contributed by atoms with Gasteiger partial charge >= 0.3 is 5.97 Å². The van der Waals surface area contributed by atoms with E-state index >= 15 is 0 Å². The van der Waals surface area contributed by atoms with E-state index in [2.05, 4.69) is 0 Å². The molecule has 0 fully saturated rings. The van der Waals surface area contributed by atoms with Crippen molar-refractivity contribution in [2.24, 2.45) is 0 Å². The van der Waals surface area contributed by atoms with E-state index in [1.807, 2.05) is 43.3 Å². The van der Waals surface area contributed by atoms with Gasteiger partial charge in [0.2, 0.25) is 0 Å². The lowest BCUT2D eigenvalue weighted by atomic mass is 10.1. The summed E-state index contributed by atoms with van der Waals surface area (Å²) in [5, 5.41) is 2.13. The molecular formula is C15H16O3. The summed E-state index contributed by atoms with van der Waals surface area (Å²) in [7, 11) is 0. The molecule has 2 rings (SSSR count). The van der Waals surface area contributed by atoms with Crippen molar-refractivity contribution in [3.63, 3.8) is 0 Å². The molecule has 0 aliphatic heterocycles. The zero-order valence-electron chi connectivity index (χ0n) is 10.6. The van der Waals surface area contributed by atoms with E-state index in [0.717, 1.165) is 10.8 Å². The fourth-order valence-electron chi connectivity index (χ4n) is 1.80. The van der Waals surface area contributed by atoms with E-state index in [1.54, 1.807) is 13.0 Å². The summed E-state index contributed by atoms with van der Waals surface area (Å²) >= 11 is 0. The first kappa shape index (κ1) is 12.6. The van der Waals surface area contributed by atoms with Gasteiger partial charge in [0.25, 0.3) is 0 Å². The highest BCUT2D eigenvalue weighted by molar-refractivity contribution is 5.95. The van der Waals surface area contributed by atoms with E-state index in [1.165, 1.54) is 0 Å². The topological polar surface area (TPSA) is 35.5 Å². The summed E-state index contributed by atoms with van der Waals surface area (Å²) in [4.78, 5) is 11.9. The van der Waals surface area contributed by atoms with Crippen LogP contribution >= 0.6 is 0 Å². The molecule has 2 aromatic carbocycles. The second-order valence-corrected chi connectivity index (χ2v) is 3.99. The Hall–Kier alpha value is -1.87. The number of carbonyl (C=O) groups is 1. The molecule has 0 aromatic heterocycles. The number of hydrogen-bond donors (Lipinski definition) is 0. The Balaban J connectivity index is 2.17. The first-order valence-corrected chi connectivity index (χ1v) is 6.02. The highest BCUT2D eigenvalue weighted by atomic mass is 16.7. The first-order chi connectivity index (χ1) is 8.70. The summed E-state index contributed by atoms with van der Waals surface area (Å²) < 4.78 is 10.3. The molecule has 0 radical (unpaired) electrons. The lowest BCUT2D eigenvalue weighted by Gasteiger charge is -2.12. The summed E-state index contributed by atoms with van der Waals surface area (Å²) in [5.41, 5.74) is 0.542. The predicted octanol–water partition coefficient (Wildman–Crippen LogP) is 3.38. The number of carbonyl (C=O) groups excluding carboxylic acids is 1. The van der Waals surface area contributed by atoms with Crippen molar-refractivity contribution in [3.05, 3.63) is 48.0 Å². The Morgan fingerprint density at radius 1 is 1.17 bits per heavy atom. The Kier molecular flexibility index (Phi) is 3.95. The summed E-state index contributed by atoms with van der Waals surface area (Å²) in [6.45, 7) is 4.09. The van der Waals surface area contributed by atoms with Gasteiger partial charge in [-0.15, -0.1) is 0 Å². The van der Waals surface area contributed by atoms with Crippen molar-refractivity contribution < 1.29 is 14.3 Å². The summed E-state index contributed by atoms with van der Waals surface area (Å²) in [6.07, 6.45) is -0.519. The van der Waals surface area contributed by atoms with Crippen LogP contribution in [0.4, 0.5) is 0 Å². The van der Waals surface area contributed by atoms with Crippen LogP contribution < -0.4 is 0 Å². The number of benzene rings is 2. The normalized spacial score (nSPS) is 12.3. The van der Waals surface area contributed by atoms with Crippen molar-refractivity contribution in [1.82, 2.24) is 0 Å². The lowest BCUT2D eigenvalue weighted by Crippen LogP contribution is -2.18. The fraction of sp³-hybridized carbons (Fsp3) is 0.267. The third kappa shape index (κ3) is 2.87. The lowest BCUT2D eigenvalue weighted by molar-refractivity contribution is -0.0940. The number of rotatable bonds is 4. The largest absolute Gasteiger partial charge is 0.432 e. The van der Waals surface area contributed by atoms with Gasteiger partial charge in [-0.3, -0.25) is 0 Å². The zero-order chi connectivity index (χ0) is 13.0. The molecule has 1 unspecified atom stereocenters. The van der Waals surface area contributed by atoms with E-state index in [0.29, 0.717) is 12.2 Å². The molecule has 3 heteroatoms. The Morgan fingerprint density at radius 2 is 1.89 bits per heavy atom. The van der Waals surface area contributed by atoms with E-state index in [9.17, 15) is 4.79 Å². The van der Waals surface area contributed by atoms with Crippen LogP contribution in [0.1, 0.15) is 24.2 Å². The van der Waals surface area contributed by atoms with Gasteiger partial charge in [0.05, 0.1) is 5.56 Å². The number of fused-ring (bicyclic) bond motifs is 1. The Labute approximate surface area is 106 Å². The first-order valence-electron chi connectivity index (χ1n) is 6.02. The van der Waals surface area contributed by atoms with Crippen LogP contribution in [-0.2, 0) is 9.47 Å². The standard InChI is InChI=1S/C15H16O3/c1-3-17-11(2)18-15(16)14-9-8-12-6-4-5-7-13(12)10-14/h4-11H,3H2,1-2H3. The minimum absolute atomic E-state index is 0.360. The molecule has 3 nitrogen and oxygen atoms in total. The number of esters is 1. The maximum absolute atomic E-state index is 11.9. The van der Waals surface area contributed by atoms with E-state index in [-0.39, 0.29) is 5.97 Å². The maximum Gasteiger partial charge on any atom is 0.340 e. The SMILES string of the molecule is CCOC(C)OC(=O)c1ccc2ccccc2c1. The molecule has 0 aliphatic rings. The van der Waals surface area contributed by atoms with Gasteiger partial charge in [-0.25, -0.2) is 4.79 Å². The van der Waals surface area contributed by atoms with Crippen LogP contribution in [0, 0.1) is 0 Å². The third-order valence-electron chi connectivity index (χ3n) is 2.66. The molecule has 0 saturated carbocycles. The van der Waals surface area contributed by atoms with E-state index < -0.39 is 6.29 Å². The number of hydrogen-bond acceptors (Lipinski definition) is 3. The van der Waals surface area contributed by atoms with Gasteiger partial charge in [-0.1, -0.05) is 30.3 Å². The van der Waals surface area contributed by atoms with Crippen LogP contribution in [0.15, 0.2) is 42.5 Å². The van der Waals surface area contributed by atoms with Crippen LogP contribution in [0.5, 0.6) is 0 Å². The zero-order valence-corrected chi connectivity index (χ0v) is 10.6. The van der Waals surface area contributed by atoms with Crippen molar-refractivity contribution in [1.29, 1.82) is 0 Å². The number of ether oxygens (including phenoxy) is 2. The molecular weight excluding hydrogens is 228 g/mol. The van der Waals surface area contributed by atoms with Crippen LogP contribution in [-0.4, -0.2) is 18.9 Å². The van der Waals surface area contributed by atoms with Gasteiger partial charge in [-0.05, 0) is 36.8 Å². The quantitative estimate of drug-likeness (QED) is 0.611. The highest BCUT2D eigenvalue weighted by Gasteiger charge is 2.11. The van der Waals surface area contributed by atoms with Gasteiger partial charge < -0.3 is 9.47 Å². The van der Waals surface area contributed by atoms with Crippen LogP contribution in [0.25, 0.3) is 10.8 Å². The Morgan fingerprint density at radius 3 is 2.61 bits per heavy atom. The van der Waals surface area contributed by atoms with Crippen LogP contribution in [0.2, 0.25) is 0 Å².